The number of hydrogen-bond acceptors (Lipinski definition) is 2. The van der Waals surface area contributed by atoms with Gasteiger partial charge in [-0.3, -0.25) is 4.79 Å². The molecule has 0 aliphatic carbocycles. The second kappa shape index (κ2) is 6.38. The number of H-pyrrole nitrogens is 1. The number of halogens is 8. The average Bonchev–Trinajstić information content (AvgIpc) is 2.92. The van der Waals surface area contributed by atoms with E-state index in [4.69, 9.17) is 0 Å². The van der Waals surface area contributed by atoms with Crippen LogP contribution in [-0.4, -0.2) is 36.1 Å². The van der Waals surface area contributed by atoms with Crippen LogP contribution in [-0.2, 0) is 6.18 Å². The van der Waals surface area contributed by atoms with Crippen LogP contribution >= 0.6 is 0 Å². The largest absolute Gasteiger partial charge is 0.421 e. The van der Waals surface area contributed by atoms with Crippen molar-refractivity contribution in [1.29, 1.82) is 0 Å². The van der Waals surface area contributed by atoms with E-state index in [2.05, 4.69) is 4.98 Å². The molecule has 1 aromatic carbocycles. The Hall–Kier alpha value is -2.33. The van der Waals surface area contributed by atoms with E-state index >= 15 is 0 Å². The molecule has 1 N–H and O–H groups in total. The predicted octanol–water partition coefficient (Wildman–Crippen LogP) is 4.36. The van der Waals surface area contributed by atoms with Gasteiger partial charge >= 0.3 is 12.4 Å². The van der Waals surface area contributed by atoms with Crippen molar-refractivity contribution < 1.29 is 35.1 Å². The molecule has 3 nitrogen and oxygen atoms in total. The number of benzene rings is 1. The summed E-state index contributed by atoms with van der Waals surface area (Å²) >= 11 is 0. The number of alkyl halides is 8. The quantitative estimate of drug-likeness (QED) is 0.761. The number of rotatable bonds is 2. The lowest BCUT2D eigenvalue weighted by Gasteiger charge is -2.30. The minimum Gasteiger partial charge on any atom is -0.362 e. The molecule has 1 aromatic heterocycles. The molecule has 0 radical (unpaired) electrons. The summed E-state index contributed by atoms with van der Waals surface area (Å²) in [5, 5.41) is -0.483. The number of nitrogens with one attached hydrogen (secondary N) is 1. The fraction of sp³-hybridized carbons (Fsp3) is 0.438. The monoisotopic (exact) mass is 400 g/mol. The van der Waals surface area contributed by atoms with Crippen LogP contribution in [0.4, 0.5) is 40.8 Å². The highest BCUT2D eigenvalue weighted by molar-refractivity contribution is 5.86. The first-order chi connectivity index (χ1) is 12.4. The molecule has 1 fully saturated rings. The van der Waals surface area contributed by atoms with Gasteiger partial charge in [-0.15, -0.1) is 0 Å². The van der Waals surface area contributed by atoms with Crippen molar-refractivity contribution in [1.82, 2.24) is 4.98 Å². The zero-order valence-electron chi connectivity index (χ0n) is 13.3. The minimum absolute atomic E-state index is 0.196. The summed E-state index contributed by atoms with van der Waals surface area (Å²) in [5.74, 6) is 0. The van der Waals surface area contributed by atoms with Crippen molar-refractivity contribution in [2.24, 2.45) is 0 Å². The molecule has 0 spiro atoms. The lowest BCUT2D eigenvalue weighted by molar-refractivity contribution is -0.185. The van der Waals surface area contributed by atoms with Crippen LogP contribution in [0.2, 0.25) is 0 Å². The summed E-state index contributed by atoms with van der Waals surface area (Å²) < 4.78 is 105. The topological polar surface area (TPSA) is 36.1 Å². The molecule has 2 heterocycles. The highest BCUT2D eigenvalue weighted by Gasteiger charge is 2.51. The standard InChI is InChI=1S/C16H12F8N2O/c17-7-3-12(14(18)16(22,23)24)26(6-7)8-1-2-11-9(4-8)10(15(19,20)21)5-13(27)25-11/h1-2,4-5,7,12,14H,3,6H2,(H,25,27). The molecule has 3 atom stereocenters. The van der Waals surface area contributed by atoms with Gasteiger partial charge in [-0.25, -0.2) is 8.78 Å². The van der Waals surface area contributed by atoms with Gasteiger partial charge in [-0.2, -0.15) is 26.3 Å². The van der Waals surface area contributed by atoms with Crippen LogP contribution < -0.4 is 10.5 Å². The van der Waals surface area contributed by atoms with Crippen LogP contribution in [0.5, 0.6) is 0 Å². The van der Waals surface area contributed by atoms with E-state index in [9.17, 15) is 39.9 Å². The number of anilines is 1. The molecule has 11 heteroatoms. The zero-order chi connectivity index (χ0) is 20.1. The molecule has 0 saturated carbocycles. The molecule has 1 saturated heterocycles. The summed E-state index contributed by atoms with van der Waals surface area (Å²) in [6.45, 7) is -0.586. The second-order valence-corrected chi connectivity index (χ2v) is 6.27. The molecule has 2 aromatic rings. The maximum Gasteiger partial charge on any atom is 0.421 e. The van der Waals surface area contributed by atoms with Gasteiger partial charge in [0.1, 0.15) is 6.17 Å². The number of fused-ring (bicyclic) bond motifs is 1. The Morgan fingerprint density at radius 3 is 2.37 bits per heavy atom. The van der Waals surface area contributed by atoms with Crippen molar-refractivity contribution in [3.63, 3.8) is 0 Å². The molecule has 148 valence electrons. The fourth-order valence-corrected chi connectivity index (χ4v) is 3.26. The molecule has 0 bridgehead atoms. The Bertz CT molecular complexity index is 904. The number of aromatic nitrogens is 1. The fourth-order valence-electron chi connectivity index (χ4n) is 3.26. The summed E-state index contributed by atoms with van der Waals surface area (Å²) in [6, 6.07) is 1.48. The third-order valence-corrected chi connectivity index (χ3v) is 4.41. The lowest BCUT2D eigenvalue weighted by atomic mass is 10.1. The first kappa shape index (κ1) is 19.4. The molecule has 1 aliphatic heterocycles. The first-order valence-electron chi connectivity index (χ1n) is 7.73. The van der Waals surface area contributed by atoms with Crippen LogP contribution in [0.25, 0.3) is 10.9 Å². The highest BCUT2D eigenvalue weighted by Crippen LogP contribution is 2.39. The summed E-state index contributed by atoms with van der Waals surface area (Å²) in [7, 11) is 0. The average molecular weight is 400 g/mol. The smallest absolute Gasteiger partial charge is 0.362 e. The third kappa shape index (κ3) is 3.72. The number of pyridine rings is 1. The molecule has 27 heavy (non-hydrogen) atoms. The van der Waals surface area contributed by atoms with Crippen LogP contribution in [0.15, 0.2) is 29.1 Å². The SMILES string of the molecule is O=c1cc(C(F)(F)F)c2cc(N3CC(F)CC3C(F)C(F)(F)F)ccc2[nH]1. The number of hydrogen-bond donors (Lipinski definition) is 1. The summed E-state index contributed by atoms with van der Waals surface area (Å²) in [6.07, 6.45) is -16.0. The van der Waals surface area contributed by atoms with Crippen LogP contribution in [0.3, 0.4) is 0 Å². The Kier molecular flexibility index (Phi) is 4.59. The van der Waals surface area contributed by atoms with E-state index in [0.717, 1.165) is 23.1 Å². The van der Waals surface area contributed by atoms with E-state index in [1.807, 2.05) is 0 Å². The Labute approximate surface area is 146 Å². The van der Waals surface area contributed by atoms with Crippen molar-refractivity contribution >= 4 is 16.6 Å². The van der Waals surface area contributed by atoms with Crippen LogP contribution in [0.1, 0.15) is 12.0 Å². The van der Waals surface area contributed by atoms with E-state index in [1.165, 1.54) is 0 Å². The van der Waals surface area contributed by atoms with Gasteiger partial charge in [0.25, 0.3) is 0 Å². The van der Waals surface area contributed by atoms with Gasteiger partial charge in [-0.05, 0) is 18.2 Å². The first-order valence-corrected chi connectivity index (χ1v) is 7.73. The maximum absolute atomic E-state index is 13.8. The molecular weight excluding hydrogens is 388 g/mol. The van der Waals surface area contributed by atoms with Gasteiger partial charge < -0.3 is 9.88 Å². The second-order valence-electron chi connectivity index (χ2n) is 6.27. The van der Waals surface area contributed by atoms with E-state index in [-0.39, 0.29) is 11.2 Å². The van der Waals surface area contributed by atoms with Gasteiger partial charge in [0.2, 0.25) is 11.7 Å². The van der Waals surface area contributed by atoms with Crippen molar-refractivity contribution in [3.8, 4) is 0 Å². The predicted molar refractivity (Wildman–Crippen MR) is 81.2 cm³/mol. The van der Waals surface area contributed by atoms with E-state index in [0.29, 0.717) is 6.07 Å². The van der Waals surface area contributed by atoms with E-state index < -0.39 is 60.2 Å². The van der Waals surface area contributed by atoms with Crippen molar-refractivity contribution in [2.45, 2.75) is 37.2 Å². The lowest BCUT2D eigenvalue weighted by Crippen LogP contribution is -2.44. The van der Waals surface area contributed by atoms with Gasteiger partial charge in [0.15, 0.2) is 0 Å². The Balaban J connectivity index is 2.11. The van der Waals surface area contributed by atoms with Crippen molar-refractivity contribution in [2.75, 3.05) is 11.4 Å². The summed E-state index contributed by atoms with van der Waals surface area (Å²) in [5.41, 5.74) is -2.69. The van der Waals surface area contributed by atoms with Crippen LogP contribution in [0, 0.1) is 0 Å². The number of aromatic amines is 1. The molecule has 3 rings (SSSR count). The number of nitrogens with zero attached hydrogens (tertiary/aromatic N) is 1. The minimum atomic E-state index is -5.23. The van der Waals surface area contributed by atoms with E-state index in [1.54, 1.807) is 0 Å². The molecule has 0 amide bonds. The maximum atomic E-state index is 13.8. The molecular formula is C16H12F8N2O. The van der Waals surface area contributed by atoms with Gasteiger partial charge in [-0.1, -0.05) is 0 Å². The van der Waals surface area contributed by atoms with Gasteiger partial charge in [0.05, 0.1) is 11.6 Å². The Morgan fingerprint density at radius 1 is 1.11 bits per heavy atom. The Morgan fingerprint density at radius 2 is 1.78 bits per heavy atom. The van der Waals surface area contributed by atoms with Crippen molar-refractivity contribution in [3.05, 3.63) is 40.2 Å². The highest BCUT2D eigenvalue weighted by atomic mass is 19.4. The van der Waals surface area contributed by atoms with Gasteiger partial charge in [0, 0.05) is 35.6 Å². The molecule has 3 unspecified atom stereocenters. The zero-order valence-corrected chi connectivity index (χ0v) is 13.3. The normalized spacial score (nSPS) is 22.4. The third-order valence-electron chi connectivity index (χ3n) is 4.41. The summed E-state index contributed by atoms with van der Waals surface area (Å²) in [4.78, 5) is 14.4. The molecule has 1 aliphatic rings.